The molecule has 0 spiro atoms. The van der Waals surface area contributed by atoms with Crippen molar-refractivity contribution in [1.29, 1.82) is 0 Å². The second kappa shape index (κ2) is 13.4. The van der Waals surface area contributed by atoms with E-state index in [1.807, 2.05) is 72.7 Å². The van der Waals surface area contributed by atoms with Crippen LogP contribution in [-0.2, 0) is 19.1 Å². The Labute approximate surface area is 279 Å². The molecule has 5 rings (SSSR count). The van der Waals surface area contributed by atoms with Gasteiger partial charge in [-0.25, -0.2) is 19.6 Å². The summed E-state index contributed by atoms with van der Waals surface area (Å²) in [6, 6.07) is 4.07. The highest BCUT2D eigenvalue weighted by molar-refractivity contribution is 5.91. The summed E-state index contributed by atoms with van der Waals surface area (Å²) >= 11 is 0. The monoisotopic (exact) mass is 648 g/mol. The molecule has 1 aliphatic carbocycles. The van der Waals surface area contributed by atoms with E-state index in [0.29, 0.717) is 29.4 Å². The van der Waals surface area contributed by atoms with E-state index in [0.717, 1.165) is 36.8 Å². The first-order valence-electron chi connectivity index (χ1n) is 17.1. The highest BCUT2D eigenvalue weighted by Gasteiger charge is 2.53. The molecule has 256 valence electrons. The van der Waals surface area contributed by atoms with Crippen molar-refractivity contribution >= 4 is 35.1 Å². The number of hydrogen-bond acceptors (Lipinski definition) is 8. The molecule has 0 unspecified atom stereocenters. The zero-order valence-corrected chi connectivity index (χ0v) is 29.5. The molecule has 10 nitrogen and oxygen atoms in total. The first-order valence-corrected chi connectivity index (χ1v) is 17.1. The molecule has 2 bridgehead atoms. The molecule has 2 amide bonds. The Balaban J connectivity index is 1.62. The van der Waals surface area contributed by atoms with Crippen LogP contribution in [0.4, 0.5) is 4.79 Å². The van der Waals surface area contributed by atoms with Crippen LogP contribution in [0.15, 0.2) is 24.3 Å². The zero-order chi connectivity index (χ0) is 34.3. The number of rotatable bonds is 3. The van der Waals surface area contributed by atoms with E-state index < -0.39 is 47.2 Å². The van der Waals surface area contributed by atoms with E-state index in [2.05, 4.69) is 25.2 Å². The maximum absolute atomic E-state index is 14.6. The normalized spacial score (nSPS) is 27.9. The van der Waals surface area contributed by atoms with Crippen molar-refractivity contribution < 1.29 is 28.6 Å². The van der Waals surface area contributed by atoms with Crippen LogP contribution in [0.5, 0.6) is 5.88 Å². The topological polar surface area (TPSA) is 120 Å². The van der Waals surface area contributed by atoms with Crippen LogP contribution in [0.3, 0.4) is 0 Å². The predicted molar refractivity (Wildman–Crippen MR) is 181 cm³/mol. The van der Waals surface area contributed by atoms with E-state index in [1.54, 1.807) is 4.90 Å². The van der Waals surface area contributed by atoms with Crippen LogP contribution in [0, 0.1) is 30.1 Å². The number of ether oxygens (including phenoxy) is 3. The molecule has 6 atom stereocenters. The molecule has 2 aliphatic heterocycles. The lowest BCUT2D eigenvalue weighted by Crippen LogP contribution is -2.58. The number of benzene rings is 1. The van der Waals surface area contributed by atoms with Crippen molar-refractivity contribution in [2.24, 2.45) is 23.2 Å². The molecule has 0 radical (unpaired) electrons. The van der Waals surface area contributed by atoms with Gasteiger partial charge in [-0.15, -0.1) is 0 Å². The van der Waals surface area contributed by atoms with Crippen LogP contribution in [0.2, 0.25) is 0 Å². The number of fused-ring (bicyclic) bond motifs is 5. The number of esters is 1. The molecule has 10 heteroatoms. The quantitative estimate of drug-likeness (QED) is 0.369. The fourth-order valence-electron chi connectivity index (χ4n) is 6.68. The lowest BCUT2D eigenvalue weighted by atomic mass is 9.85. The Morgan fingerprint density at radius 2 is 1.81 bits per heavy atom. The van der Waals surface area contributed by atoms with Gasteiger partial charge in [-0.1, -0.05) is 46.8 Å². The van der Waals surface area contributed by atoms with E-state index in [-0.39, 0.29) is 24.5 Å². The van der Waals surface area contributed by atoms with Crippen molar-refractivity contribution in [3.63, 3.8) is 0 Å². The average Bonchev–Trinajstić information content (AvgIpc) is 3.58. The van der Waals surface area contributed by atoms with Gasteiger partial charge in [-0.3, -0.25) is 4.79 Å². The van der Waals surface area contributed by atoms with E-state index >= 15 is 0 Å². The van der Waals surface area contributed by atoms with Crippen molar-refractivity contribution in [3.05, 3.63) is 35.5 Å². The highest BCUT2D eigenvalue weighted by atomic mass is 16.6. The van der Waals surface area contributed by atoms with Gasteiger partial charge in [0, 0.05) is 5.92 Å². The first-order chi connectivity index (χ1) is 22.0. The second-order valence-corrected chi connectivity index (χ2v) is 16.0. The number of allylic oxidation sites excluding steroid dienone is 1. The van der Waals surface area contributed by atoms with Gasteiger partial charge in [0.2, 0.25) is 11.8 Å². The minimum absolute atomic E-state index is 0.116. The Morgan fingerprint density at radius 1 is 1.06 bits per heavy atom. The number of aryl methyl sites for hydroxylation is 1. The Kier molecular flexibility index (Phi) is 9.90. The predicted octanol–water partition coefficient (Wildman–Crippen LogP) is 6.63. The molecule has 1 N–H and O–H groups in total. The van der Waals surface area contributed by atoms with Gasteiger partial charge in [-0.05, 0) is 101 Å². The van der Waals surface area contributed by atoms with Gasteiger partial charge >= 0.3 is 12.1 Å². The smallest absolute Gasteiger partial charge is 0.408 e. The fraction of sp³-hybridized carbons (Fsp3) is 0.649. The van der Waals surface area contributed by atoms with Gasteiger partial charge in [-0.2, -0.15) is 0 Å². The highest BCUT2D eigenvalue weighted by Crippen LogP contribution is 2.40. The Bertz CT molecular complexity index is 1520. The average molecular weight is 649 g/mol. The van der Waals surface area contributed by atoms with Gasteiger partial charge in [0.25, 0.3) is 0 Å². The van der Waals surface area contributed by atoms with E-state index in [1.165, 1.54) is 0 Å². The summed E-state index contributed by atoms with van der Waals surface area (Å²) in [5.74, 6) is -0.415. The third kappa shape index (κ3) is 8.43. The molecule has 2 aromatic rings. The third-order valence-corrected chi connectivity index (χ3v) is 9.06. The van der Waals surface area contributed by atoms with Gasteiger partial charge < -0.3 is 24.4 Å². The number of amides is 2. The molecular formula is C37H52N4O6. The summed E-state index contributed by atoms with van der Waals surface area (Å²) in [4.78, 5) is 53.2. The minimum Gasteiger partial charge on any atom is -0.471 e. The van der Waals surface area contributed by atoms with E-state index in [9.17, 15) is 14.4 Å². The fourth-order valence-corrected chi connectivity index (χ4v) is 6.68. The summed E-state index contributed by atoms with van der Waals surface area (Å²) in [7, 11) is 0. The van der Waals surface area contributed by atoms with Crippen molar-refractivity contribution in [2.45, 2.75) is 124 Å². The molecule has 3 heterocycles. The summed E-state index contributed by atoms with van der Waals surface area (Å²) in [5, 5.41) is 2.88. The summed E-state index contributed by atoms with van der Waals surface area (Å²) in [6.07, 6.45) is 6.79. The molecule has 47 heavy (non-hydrogen) atoms. The first kappa shape index (κ1) is 34.6. The third-order valence-electron chi connectivity index (χ3n) is 9.06. The number of alkyl carbamates (subject to hydrolysis) is 1. The van der Waals surface area contributed by atoms with Crippen LogP contribution < -0.4 is 10.1 Å². The van der Waals surface area contributed by atoms with Gasteiger partial charge in [0.1, 0.15) is 35.6 Å². The number of carbonyl (C=O) groups excluding carboxylic acids is 3. The molecular weight excluding hydrogens is 596 g/mol. The van der Waals surface area contributed by atoms with Crippen molar-refractivity contribution in [3.8, 4) is 5.88 Å². The number of nitrogens with one attached hydrogen (secondary N) is 1. The summed E-state index contributed by atoms with van der Waals surface area (Å²) < 4.78 is 18.5. The van der Waals surface area contributed by atoms with Crippen LogP contribution in [-0.4, -0.2) is 69.3 Å². The number of carbonyl (C=O) groups is 3. The maximum atomic E-state index is 14.6. The van der Waals surface area contributed by atoms with Gasteiger partial charge in [0.15, 0.2) is 0 Å². The zero-order valence-electron chi connectivity index (χ0n) is 29.5. The van der Waals surface area contributed by atoms with Crippen LogP contribution in [0.25, 0.3) is 17.1 Å². The largest absolute Gasteiger partial charge is 0.471 e. The lowest BCUT2D eigenvalue weighted by molar-refractivity contribution is -0.165. The SMILES string of the molecule is Cc1ccc2nc3c(nc2c1)O[C@H]1CN(C(=O)[C@H](C(C)(C)C)NC(=O)O[C@@H]2C[C@H]2CCC/C=C/3)[C@H](C(=O)OC(C)(C)C)[C@@H]1CC(C)C. The summed E-state index contributed by atoms with van der Waals surface area (Å²) in [6.45, 7) is 17.4. The Morgan fingerprint density at radius 3 is 2.49 bits per heavy atom. The molecule has 3 aliphatic rings. The van der Waals surface area contributed by atoms with Crippen LogP contribution in [0.1, 0.15) is 98.8 Å². The molecule has 1 aromatic heterocycles. The lowest BCUT2D eigenvalue weighted by Gasteiger charge is -2.36. The number of hydrogen-bond donors (Lipinski definition) is 1. The summed E-state index contributed by atoms with van der Waals surface area (Å²) in [5.41, 5.74) is 1.69. The van der Waals surface area contributed by atoms with Crippen LogP contribution >= 0.6 is 0 Å². The molecule has 1 saturated heterocycles. The number of aromatic nitrogens is 2. The molecule has 1 aromatic carbocycles. The second-order valence-electron chi connectivity index (χ2n) is 16.0. The molecule has 1 saturated carbocycles. The Hall–Kier alpha value is -3.69. The van der Waals surface area contributed by atoms with Gasteiger partial charge in [0.05, 0.1) is 17.6 Å². The van der Waals surface area contributed by atoms with E-state index in [4.69, 9.17) is 24.2 Å². The standard InChI is InChI=1S/C37H52N4O6/c1-21(2)17-24-29-20-41(30(24)34(43)47-37(7,8)9)33(42)31(36(4,5)6)40-35(44)46-28-19-23(28)13-11-10-12-14-26-32(45-29)39-27-18-22(3)15-16-25(27)38-26/h12,14-16,18,21,23-24,28-31H,10-11,13,17,19-20H2,1-9H3,(H,40,44)/b14-12+/t23-,24-,28-,29+,30+,31-/m1/s1. The number of nitrogens with zero attached hydrogens (tertiary/aromatic N) is 3. The maximum Gasteiger partial charge on any atom is 0.408 e. The molecule has 2 fully saturated rings. The van der Waals surface area contributed by atoms with Crippen molar-refractivity contribution in [2.75, 3.05) is 6.54 Å². The van der Waals surface area contributed by atoms with Crippen molar-refractivity contribution in [1.82, 2.24) is 20.2 Å². The minimum atomic E-state index is -0.948.